The molecular formula is C8H5FN4O2. The van der Waals surface area contributed by atoms with E-state index in [1.807, 2.05) is 0 Å². The smallest absolute Gasteiger partial charge is 0.376 e. The molecule has 0 saturated carbocycles. The van der Waals surface area contributed by atoms with Gasteiger partial charge in [0.2, 0.25) is 0 Å². The molecule has 76 valence electrons. The molecule has 0 saturated heterocycles. The van der Waals surface area contributed by atoms with Gasteiger partial charge in [0.25, 0.3) is 5.82 Å². The summed E-state index contributed by atoms with van der Waals surface area (Å²) in [6.45, 7) is 0. The highest BCUT2D eigenvalue weighted by Crippen LogP contribution is 2.09. The number of carboxylic acids is 1. The van der Waals surface area contributed by atoms with Crippen molar-refractivity contribution in [3.05, 3.63) is 35.9 Å². The summed E-state index contributed by atoms with van der Waals surface area (Å²) in [6.07, 6.45) is 0. The molecule has 0 amide bonds. The second-order valence-electron chi connectivity index (χ2n) is 2.70. The van der Waals surface area contributed by atoms with Crippen LogP contribution in [0.5, 0.6) is 0 Å². The molecule has 1 N–H and O–H groups in total. The van der Waals surface area contributed by atoms with Crippen LogP contribution in [-0.4, -0.2) is 31.3 Å². The summed E-state index contributed by atoms with van der Waals surface area (Å²) in [6, 6.07) is 5.33. The van der Waals surface area contributed by atoms with Gasteiger partial charge in [-0.3, -0.25) is 0 Å². The van der Waals surface area contributed by atoms with Crippen LogP contribution in [-0.2, 0) is 0 Å². The molecule has 0 unspecified atom stereocenters. The molecule has 1 heterocycles. The van der Waals surface area contributed by atoms with Crippen LogP contribution < -0.4 is 0 Å². The minimum absolute atomic E-state index is 0.261. The van der Waals surface area contributed by atoms with Gasteiger partial charge in [0, 0.05) is 0 Å². The molecule has 0 spiro atoms. The molecule has 0 aliphatic carbocycles. The van der Waals surface area contributed by atoms with Crippen molar-refractivity contribution in [1.29, 1.82) is 0 Å². The number of nitrogens with zero attached hydrogens (tertiary/aromatic N) is 4. The lowest BCUT2D eigenvalue weighted by molar-refractivity contribution is 0.0680. The van der Waals surface area contributed by atoms with Crippen LogP contribution in [0.1, 0.15) is 10.6 Å². The van der Waals surface area contributed by atoms with E-state index in [0.717, 1.165) is 10.7 Å². The zero-order valence-corrected chi connectivity index (χ0v) is 7.33. The SMILES string of the molecule is O=C(O)c1nnnn1-c1cccc(F)c1. The highest BCUT2D eigenvalue weighted by molar-refractivity contribution is 5.83. The topological polar surface area (TPSA) is 80.9 Å². The van der Waals surface area contributed by atoms with Crippen molar-refractivity contribution in [1.82, 2.24) is 20.2 Å². The van der Waals surface area contributed by atoms with E-state index in [1.165, 1.54) is 18.2 Å². The number of aromatic nitrogens is 4. The zero-order valence-electron chi connectivity index (χ0n) is 7.33. The first-order chi connectivity index (χ1) is 7.18. The molecule has 2 rings (SSSR count). The Labute approximate surface area is 83.0 Å². The average Bonchev–Trinajstić information content (AvgIpc) is 2.65. The van der Waals surface area contributed by atoms with Gasteiger partial charge in [0.15, 0.2) is 0 Å². The third kappa shape index (κ3) is 1.66. The fraction of sp³-hybridized carbons (Fsp3) is 0. The molecule has 0 fully saturated rings. The van der Waals surface area contributed by atoms with Crippen LogP contribution in [0.3, 0.4) is 0 Å². The molecule has 1 aromatic carbocycles. The minimum Gasteiger partial charge on any atom is -0.475 e. The van der Waals surface area contributed by atoms with E-state index in [-0.39, 0.29) is 11.5 Å². The maximum atomic E-state index is 12.9. The van der Waals surface area contributed by atoms with Crippen LogP contribution in [0, 0.1) is 5.82 Å². The summed E-state index contributed by atoms with van der Waals surface area (Å²) < 4.78 is 13.8. The number of benzene rings is 1. The number of aromatic carboxylic acids is 1. The van der Waals surface area contributed by atoms with E-state index in [4.69, 9.17) is 5.11 Å². The quantitative estimate of drug-likeness (QED) is 0.777. The number of hydrogen-bond donors (Lipinski definition) is 1. The summed E-state index contributed by atoms with van der Waals surface area (Å²) in [5, 5.41) is 18.7. The Morgan fingerprint density at radius 2 is 2.27 bits per heavy atom. The van der Waals surface area contributed by atoms with Gasteiger partial charge in [-0.05, 0) is 28.6 Å². The summed E-state index contributed by atoms with van der Waals surface area (Å²) in [4.78, 5) is 10.7. The molecule has 0 bridgehead atoms. The molecule has 0 atom stereocenters. The van der Waals surface area contributed by atoms with Gasteiger partial charge in [0.05, 0.1) is 5.69 Å². The summed E-state index contributed by atoms with van der Waals surface area (Å²) in [5.41, 5.74) is 0.261. The van der Waals surface area contributed by atoms with Gasteiger partial charge in [-0.15, -0.1) is 5.10 Å². The zero-order chi connectivity index (χ0) is 10.8. The molecule has 1 aromatic heterocycles. The maximum Gasteiger partial charge on any atom is 0.376 e. The van der Waals surface area contributed by atoms with Crippen molar-refractivity contribution in [2.45, 2.75) is 0 Å². The average molecular weight is 208 g/mol. The maximum absolute atomic E-state index is 12.9. The Morgan fingerprint density at radius 3 is 2.93 bits per heavy atom. The van der Waals surface area contributed by atoms with Crippen molar-refractivity contribution in [2.24, 2.45) is 0 Å². The lowest BCUT2D eigenvalue weighted by atomic mass is 10.3. The minimum atomic E-state index is -1.27. The second-order valence-corrected chi connectivity index (χ2v) is 2.70. The van der Waals surface area contributed by atoms with Crippen LogP contribution in [0.15, 0.2) is 24.3 Å². The van der Waals surface area contributed by atoms with E-state index in [2.05, 4.69) is 15.5 Å². The number of rotatable bonds is 2. The number of carbonyl (C=O) groups is 1. The van der Waals surface area contributed by atoms with Crippen molar-refractivity contribution >= 4 is 5.97 Å². The van der Waals surface area contributed by atoms with E-state index in [1.54, 1.807) is 0 Å². The highest BCUT2D eigenvalue weighted by Gasteiger charge is 2.15. The summed E-state index contributed by atoms with van der Waals surface area (Å²) in [5.74, 6) is -2.12. The summed E-state index contributed by atoms with van der Waals surface area (Å²) >= 11 is 0. The van der Waals surface area contributed by atoms with Crippen LogP contribution >= 0.6 is 0 Å². The monoisotopic (exact) mass is 208 g/mol. The van der Waals surface area contributed by atoms with Gasteiger partial charge in [-0.2, -0.15) is 4.68 Å². The number of hydrogen-bond acceptors (Lipinski definition) is 4. The molecule has 0 radical (unpaired) electrons. The van der Waals surface area contributed by atoms with Crippen LogP contribution in [0.25, 0.3) is 5.69 Å². The van der Waals surface area contributed by atoms with Crippen LogP contribution in [0.2, 0.25) is 0 Å². The Bertz CT molecular complexity index is 511. The van der Waals surface area contributed by atoms with Gasteiger partial charge in [0.1, 0.15) is 5.82 Å². The first-order valence-corrected chi connectivity index (χ1v) is 3.96. The molecule has 7 heteroatoms. The number of tetrazole rings is 1. The fourth-order valence-electron chi connectivity index (χ4n) is 1.10. The Kier molecular flexibility index (Phi) is 2.13. The normalized spacial score (nSPS) is 10.2. The highest BCUT2D eigenvalue weighted by atomic mass is 19.1. The number of halogens is 1. The van der Waals surface area contributed by atoms with Gasteiger partial charge >= 0.3 is 5.97 Å². The van der Waals surface area contributed by atoms with Gasteiger partial charge in [-0.25, -0.2) is 9.18 Å². The van der Waals surface area contributed by atoms with E-state index in [9.17, 15) is 9.18 Å². The fourth-order valence-corrected chi connectivity index (χ4v) is 1.10. The predicted octanol–water partition coefficient (Wildman–Crippen LogP) is 0.500. The van der Waals surface area contributed by atoms with Crippen molar-refractivity contribution in [2.75, 3.05) is 0 Å². The van der Waals surface area contributed by atoms with Crippen molar-refractivity contribution < 1.29 is 14.3 Å². The van der Waals surface area contributed by atoms with Gasteiger partial charge in [-0.1, -0.05) is 6.07 Å². The largest absolute Gasteiger partial charge is 0.475 e. The molecular weight excluding hydrogens is 203 g/mol. The first-order valence-electron chi connectivity index (χ1n) is 3.96. The van der Waals surface area contributed by atoms with Crippen molar-refractivity contribution in [3.63, 3.8) is 0 Å². The third-order valence-corrected chi connectivity index (χ3v) is 1.71. The van der Waals surface area contributed by atoms with E-state index in [0.29, 0.717) is 0 Å². The van der Waals surface area contributed by atoms with Gasteiger partial charge < -0.3 is 5.11 Å². The molecule has 0 aliphatic heterocycles. The summed E-state index contributed by atoms with van der Waals surface area (Å²) in [7, 11) is 0. The number of carboxylic acid groups (broad SMARTS) is 1. The standard InChI is InChI=1S/C8H5FN4O2/c9-5-2-1-3-6(4-5)13-7(8(14)15)10-11-12-13/h1-4H,(H,14,15). The molecule has 2 aromatic rings. The molecule has 6 nitrogen and oxygen atoms in total. The lowest BCUT2D eigenvalue weighted by Crippen LogP contribution is -2.09. The van der Waals surface area contributed by atoms with Crippen LogP contribution in [0.4, 0.5) is 4.39 Å². The predicted molar refractivity (Wildman–Crippen MR) is 46.1 cm³/mol. The second kappa shape index (κ2) is 3.45. The third-order valence-electron chi connectivity index (χ3n) is 1.71. The molecule has 0 aliphatic rings. The Morgan fingerprint density at radius 1 is 1.47 bits per heavy atom. The van der Waals surface area contributed by atoms with E-state index >= 15 is 0 Å². The van der Waals surface area contributed by atoms with E-state index < -0.39 is 11.8 Å². The Balaban J connectivity index is 2.54. The lowest BCUT2D eigenvalue weighted by Gasteiger charge is -2.00. The first kappa shape index (κ1) is 9.25. The Hall–Kier alpha value is -2.31. The molecule has 15 heavy (non-hydrogen) atoms. The van der Waals surface area contributed by atoms with Crippen molar-refractivity contribution in [3.8, 4) is 5.69 Å².